The first-order chi connectivity index (χ1) is 8.72. The van der Waals surface area contributed by atoms with Gasteiger partial charge in [0.1, 0.15) is 5.60 Å². The molecule has 1 aliphatic heterocycles. The van der Waals surface area contributed by atoms with Crippen LogP contribution in [0, 0.1) is 11.8 Å². The number of carbonyl (C=O) groups is 1. The Morgan fingerprint density at radius 3 is 2.68 bits per heavy atom. The van der Waals surface area contributed by atoms with Gasteiger partial charge in [-0.05, 0) is 51.9 Å². The third-order valence-corrected chi connectivity index (χ3v) is 5.91. The van der Waals surface area contributed by atoms with Crippen LogP contribution in [0.5, 0.6) is 0 Å². The van der Waals surface area contributed by atoms with Gasteiger partial charge in [0.05, 0.1) is 5.60 Å². The highest BCUT2D eigenvalue weighted by Gasteiger charge is 2.75. The smallest absolute Gasteiger partial charge is 0.331 e. The lowest BCUT2D eigenvalue weighted by atomic mass is 9.76. The minimum atomic E-state index is -0.877. The maximum Gasteiger partial charge on any atom is 0.331 e. The van der Waals surface area contributed by atoms with Gasteiger partial charge in [-0.3, -0.25) is 0 Å². The van der Waals surface area contributed by atoms with Crippen molar-refractivity contribution in [2.45, 2.75) is 62.7 Å². The Hall–Kier alpha value is -0.870. The zero-order chi connectivity index (χ0) is 14.1. The van der Waals surface area contributed by atoms with E-state index in [9.17, 15) is 9.90 Å². The standard InChI is InChI=1S/C15H23NO3/c1-9(12(17)18)10-4-5-14(3)15(19-14)7-6-13(2,16)11(15)8-10/h10-11H,1,4-8,16H2,2-3H3,(H,17,18)/t10-,11?,13-,14+,15-/m1/s1. The molecule has 106 valence electrons. The Kier molecular flexibility index (Phi) is 2.50. The van der Waals surface area contributed by atoms with Crippen LogP contribution in [0.15, 0.2) is 12.2 Å². The molecule has 0 aromatic carbocycles. The zero-order valence-corrected chi connectivity index (χ0v) is 11.7. The van der Waals surface area contributed by atoms with Crippen LogP contribution in [0.3, 0.4) is 0 Å². The van der Waals surface area contributed by atoms with E-state index >= 15 is 0 Å². The minimum absolute atomic E-state index is 0.0357. The topological polar surface area (TPSA) is 75.8 Å². The number of hydrogen-bond acceptors (Lipinski definition) is 3. The summed E-state index contributed by atoms with van der Waals surface area (Å²) < 4.78 is 6.12. The zero-order valence-electron chi connectivity index (χ0n) is 11.7. The molecule has 3 aliphatic rings. The maximum atomic E-state index is 11.2. The Morgan fingerprint density at radius 1 is 1.37 bits per heavy atom. The van der Waals surface area contributed by atoms with Gasteiger partial charge in [-0.1, -0.05) is 6.58 Å². The van der Waals surface area contributed by atoms with Crippen molar-refractivity contribution in [1.82, 2.24) is 0 Å². The van der Waals surface area contributed by atoms with Crippen LogP contribution in [-0.2, 0) is 9.53 Å². The SMILES string of the molecule is C=C(C(=O)O)[C@@H]1CC[C@]2(C)O[C@@]23CC[C@@](C)(N)C3C1. The van der Waals surface area contributed by atoms with Crippen LogP contribution >= 0.6 is 0 Å². The Balaban J connectivity index is 1.91. The number of ether oxygens (including phenoxy) is 1. The molecule has 19 heavy (non-hydrogen) atoms. The van der Waals surface area contributed by atoms with Crippen molar-refractivity contribution in [1.29, 1.82) is 0 Å². The molecular formula is C15H23NO3. The predicted molar refractivity (Wildman–Crippen MR) is 71.7 cm³/mol. The number of rotatable bonds is 2. The minimum Gasteiger partial charge on any atom is -0.478 e. The van der Waals surface area contributed by atoms with Crippen molar-refractivity contribution in [2.75, 3.05) is 0 Å². The van der Waals surface area contributed by atoms with E-state index in [4.69, 9.17) is 10.5 Å². The quantitative estimate of drug-likeness (QED) is 0.592. The van der Waals surface area contributed by atoms with Gasteiger partial charge in [-0.2, -0.15) is 0 Å². The fraction of sp³-hybridized carbons (Fsp3) is 0.800. The Labute approximate surface area is 114 Å². The van der Waals surface area contributed by atoms with E-state index in [1.165, 1.54) is 0 Å². The molecule has 1 saturated heterocycles. The van der Waals surface area contributed by atoms with Crippen LogP contribution in [0.1, 0.15) is 46.0 Å². The second-order valence-electron chi connectivity index (χ2n) is 7.08. The molecule has 0 radical (unpaired) electrons. The normalized spacial score (nSPS) is 51.9. The second-order valence-corrected chi connectivity index (χ2v) is 7.08. The van der Waals surface area contributed by atoms with E-state index < -0.39 is 5.97 Å². The molecule has 2 saturated carbocycles. The molecule has 0 aromatic heterocycles. The van der Waals surface area contributed by atoms with Gasteiger partial charge in [-0.25, -0.2) is 4.79 Å². The molecule has 3 fully saturated rings. The summed E-state index contributed by atoms with van der Waals surface area (Å²) in [6.07, 6.45) is 4.52. The first-order valence-corrected chi connectivity index (χ1v) is 7.13. The van der Waals surface area contributed by atoms with Crippen LogP contribution in [0.2, 0.25) is 0 Å². The Morgan fingerprint density at radius 2 is 2.05 bits per heavy atom. The molecule has 1 heterocycles. The molecule has 4 nitrogen and oxygen atoms in total. The third-order valence-electron chi connectivity index (χ3n) is 5.91. The van der Waals surface area contributed by atoms with E-state index in [0.717, 1.165) is 32.1 Å². The number of carboxylic acids is 1. The summed E-state index contributed by atoms with van der Waals surface area (Å²) in [5.74, 6) is -0.598. The van der Waals surface area contributed by atoms with Gasteiger partial charge in [0.2, 0.25) is 0 Å². The summed E-state index contributed by atoms with van der Waals surface area (Å²) in [6.45, 7) is 8.00. The van der Waals surface area contributed by atoms with Gasteiger partial charge in [-0.15, -0.1) is 0 Å². The largest absolute Gasteiger partial charge is 0.478 e. The molecule has 0 bridgehead atoms. The van der Waals surface area contributed by atoms with Crippen molar-refractivity contribution >= 4 is 5.97 Å². The number of nitrogens with two attached hydrogens (primary N) is 1. The molecule has 3 N–H and O–H groups in total. The second kappa shape index (κ2) is 3.61. The van der Waals surface area contributed by atoms with Crippen LogP contribution < -0.4 is 5.73 Å². The summed E-state index contributed by atoms with van der Waals surface area (Å²) in [5.41, 5.74) is 6.35. The lowest BCUT2D eigenvalue weighted by Gasteiger charge is -2.31. The third kappa shape index (κ3) is 1.62. The van der Waals surface area contributed by atoms with Gasteiger partial charge >= 0.3 is 5.97 Å². The molecule has 0 aromatic rings. The number of carboxylic acid groups (broad SMARTS) is 1. The van der Waals surface area contributed by atoms with Crippen molar-refractivity contribution in [2.24, 2.45) is 17.6 Å². The average molecular weight is 265 g/mol. The van der Waals surface area contributed by atoms with E-state index in [2.05, 4.69) is 20.4 Å². The van der Waals surface area contributed by atoms with E-state index in [-0.39, 0.29) is 28.6 Å². The highest BCUT2D eigenvalue weighted by atomic mass is 16.6. The molecule has 3 rings (SSSR count). The van der Waals surface area contributed by atoms with Crippen LogP contribution in [-0.4, -0.2) is 27.8 Å². The highest BCUT2D eigenvalue weighted by molar-refractivity contribution is 5.86. The fourth-order valence-corrected chi connectivity index (χ4v) is 4.53. The summed E-state index contributed by atoms with van der Waals surface area (Å²) in [6, 6.07) is 0. The molecule has 4 heteroatoms. The summed E-state index contributed by atoms with van der Waals surface area (Å²) >= 11 is 0. The molecule has 2 aliphatic carbocycles. The van der Waals surface area contributed by atoms with Gasteiger partial charge in [0.25, 0.3) is 0 Å². The fourth-order valence-electron chi connectivity index (χ4n) is 4.53. The van der Waals surface area contributed by atoms with Gasteiger partial charge < -0.3 is 15.6 Å². The monoisotopic (exact) mass is 265 g/mol. The number of hydrogen-bond donors (Lipinski definition) is 2. The van der Waals surface area contributed by atoms with Gasteiger partial charge in [0.15, 0.2) is 0 Å². The van der Waals surface area contributed by atoms with E-state index in [1.807, 2.05) is 0 Å². The Bertz CT molecular complexity index is 458. The van der Waals surface area contributed by atoms with Crippen molar-refractivity contribution in [3.8, 4) is 0 Å². The maximum absolute atomic E-state index is 11.2. The van der Waals surface area contributed by atoms with Crippen molar-refractivity contribution in [3.05, 3.63) is 12.2 Å². The van der Waals surface area contributed by atoms with E-state index in [0.29, 0.717) is 5.57 Å². The summed E-state index contributed by atoms with van der Waals surface area (Å²) in [5, 5.41) is 9.17. The molecule has 1 spiro atoms. The molecular weight excluding hydrogens is 242 g/mol. The molecule has 0 amide bonds. The number of aliphatic carboxylic acids is 1. The molecule has 1 unspecified atom stereocenters. The van der Waals surface area contributed by atoms with Crippen molar-refractivity contribution < 1.29 is 14.6 Å². The average Bonchev–Trinajstić information content (AvgIpc) is 2.85. The lowest BCUT2D eigenvalue weighted by Crippen LogP contribution is -2.45. The lowest BCUT2D eigenvalue weighted by molar-refractivity contribution is -0.133. The van der Waals surface area contributed by atoms with Crippen LogP contribution in [0.4, 0.5) is 0 Å². The number of epoxide rings is 1. The summed E-state index contributed by atoms with van der Waals surface area (Å²) in [7, 11) is 0. The van der Waals surface area contributed by atoms with E-state index in [1.54, 1.807) is 0 Å². The van der Waals surface area contributed by atoms with Crippen LogP contribution in [0.25, 0.3) is 0 Å². The first kappa shape index (κ1) is 13.1. The predicted octanol–water partition coefficient (Wildman–Crippen LogP) is 2.08. The van der Waals surface area contributed by atoms with Crippen molar-refractivity contribution in [3.63, 3.8) is 0 Å². The molecule has 5 atom stereocenters. The van der Waals surface area contributed by atoms with Gasteiger partial charge in [0, 0.05) is 17.0 Å². The first-order valence-electron chi connectivity index (χ1n) is 7.13. The summed E-state index contributed by atoms with van der Waals surface area (Å²) in [4.78, 5) is 11.2. The highest BCUT2D eigenvalue weighted by Crippen LogP contribution is 2.67.